The molecule has 5 heteroatoms. The normalized spacial score (nSPS) is 18.2. The number of benzene rings is 1. The Morgan fingerprint density at radius 1 is 0.962 bits per heavy atom. The van der Waals surface area contributed by atoms with Gasteiger partial charge in [-0.05, 0) is 55.6 Å². The van der Waals surface area contributed by atoms with Gasteiger partial charge in [0, 0.05) is 39.6 Å². The largest absolute Gasteiger partial charge is 0.343 e. The van der Waals surface area contributed by atoms with Gasteiger partial charge in [0.1, 0.15) is 0 Å². The van der Waals surface area contributed by atoms with Crippen LogP contribution in [0.25, 0.3) is 0 Å². The predicted octanol–water partition coefficient (Wildman–Crippen LogP) is 2.84. The van der Waals surface area contributed by atoms with E-state index in [1.165, 1.54) is 11.1 Å². The van der Waals surface area contributed by atoms with E-state index >= 15 is 0 Å². The highest BCUT2D eigenvalue weighted by atomic mass is 16.2. The van der Waals surface area contributed by atoms with Gasteiger partial charge in [0.2, 0.25) is 5.91 Å². The summed E-state index contributed by atoms with van der Waals surface area (Å²) in [4.78, 5) is 27.7. The molecule has 0 spiro atoms. The Balaban J connectivity index is 1.42. The van der Waals surface area contributed by atoms with Gasteiger partial charge in [-0.1, -0.05) is 24.3 Å². The molecule has 5 nitrogen and oxygen atoms in total. The van der Waals surface area contributed by atoms with E-state index in [1.54, 1.807) is 7.05 Å². The van der Waals surface area contributed by atoms with Gasteiger partial charge in [0.05, 0.1) is 0 Å². The summed E-state index contributed by atoms with van der Waals surface area (Å²) in [5, 5.41) is 2.70. The maximum absolute atomic E-state index is 12.1. The molecule has 2 heterocycles. The summed E-state index contributed by atoms with van der Waals surface area (Å²) in [7, 11) is 1.69. The van der Waals surface area contributed by atoms with Crippen LogP contribution in [-0.2, 0) is 17.6 Å². The van der Waals surface area contributed by atoms with Gasteiger partial charge in [-0.2, -0.15) is 0 Å². The summed E-state index contributed by atoms with van der Waals surface area (Å²) in [5.74, 6) is 0.952. The molecule has 3 amide bonds. The molecule has 0 aromatic heterocycles. The van der Waals surface area contributed by atoms with E-state index < -0.39 is 0 Å². The van der Waals surface area contributed by atoms with Gasteiger partial charge in [0.25, 0.3) is 0 Å². The lowest BCUT2D eigenvalue weighted by atomic mass is 9.90. The Labute approximate surface area is 156 Å². The summed E-state index contributed by atoms with van der Waals surface area (Å²) in [6.45, 7) is 3.58. The maximum Gasteiger partial charge on any atom is 0.317 e. The Morgan fingerprint density at radius 3 is 2.19 bits per heavy atom. The summed E-state index contributed by atoms with van der Waals surface area (Å²) < 4.78 is 0. The molecule has 1 aromatic rings. The van der Waals surface area contributed by atoms with Gasteiger partial charge < -0.3 is 15.1 Å². The van der Waals surface area contributed by atoms with E-state index in [0.29, 0.717) is 18.2 Å². The van der Waals surface area contributed by atoms with Gasteiger partial charge in [-0.15, -0.1) is 0 Å². The van der Waals surface area contributed by atoms with Crippen LogP contribution in [0, 0.1) is 5.92 Å². The molecule has 0 aliphatic carbocycles. The molecule has 142 valence electrons. The van der Waals surface area contributed by atoms with E-state index in [-0.39, 0.29) is 6.03 Å². The highest BCUT2D eigenvalue weighted by molar-refractivity contribution is 5.76. The topological polar surface area (TPSA) is 52.7 Å². The van der Waals surface area contributed by atoms with Crippen LogP contribution in [-0.4, -0.2) is 55.0 Å². The first-order valence-electron chi connectivity index (χ1n) is 9.98. The second-order valence-electron chi connectivity index (χ2n) is 7.59. The summed E-state index contributed by atoms with van der Waals surface area (Å²) >= 11 is 0. The van der Waals surface area contributed by atoms with Crippen molar-refractivity contribution in [2.45, 2.75) is 44.9 Å². The van der Waals surface area contributed by atoms with Crippen molar-refractivity contribution in [3.63, 3.8) is 0 Å². The van der Waals surface area contributed by atoms with Crippen LogP contribution >= 0.6 is 0 Å². The third-order valence-corrected chi connectivity index (χ3v) is 5.75. The Morgan fingerprint density at radius 2 is 1.58 bits per heavy atom. The highest BCUT2D eigenvalue weighted by Gasteiger charge is 2.22. The molecule has 2 saturated heterocycles. The second-order valence-corrected chi connectivity index (χ2v) is 7.59. The number of piperidine rings is 1. The minimum Gasteiger partial charge on any atom is -0.343 e. The molecule has 0 atom stereocenters. The number of rotatable bonds is 5. The number of aryl methyl sites for hydroxylation is 1. The predicted molar refractivity (Wildman–Crippen MR) is 103 cm³/mol. The number of likely N-dealkylation sites (tertiary alicyclic amines) is 2. The average Bonchev–Trinajstić information content (AvgIpc) is 3.22. The molecular weight excluding hydrogens is 326 g/mol. The van der Waals surface area contributed by atoms with Gasteiger partial charge in [-0.3, -0.25) is 4.79 Å². The van der Waals surface area contributed by atoms with Crippen molar-refractivity contribution in [1.82, 2.24) is 15.1 Å². The van der Waals surface area contributed by atoms with Crippen LogP contribution in [0.1, 0.15) is 43.2 Å². The number of urea groups is 1. The first-order chi connectivity index (χ1) is 12.7. The number of carbonyl (C=O) groups is 2. The van der Waals surface area contributed by atoms with E-state index in [0.717, 1.165) is 64.7 Å². The average molecular weight is 357 g/mol. The molecule has 1 aromatic carbocycles. The van der Waals surface area contributed by atoms with E-state index in [9.17, 15) is 9.59 Å². The Kier molecular flexibility index (Phi) is 6.53. The number of hydrogen-bond donors (Lipinski definition) is 1. The molecule has 0 radical (unpaired) electrons. The van der Waals surface area contributed by atoms with Crippen molar-refractivity contribution < 1.29 is 9.59 Å². The van der Waals surface area contributed by atoms with Crippen LogP contribution in [0.3, 0.4) is 0 Å². The van der Waals surface area contributed by atoms with Gasteiger partial charge >= 0.3 is 6.03 Å². The fraction of sp³-hybridized carbons (Fsp3) is 0.619. The molecule has 26 heavy (non-hydrogen) atoms. The Bertz CT molecular complexity index is 600. The zero-order valence-electron chi connectivity index (χ0n) is 15.9. The number of carbonyl (C=O) groups excluding carboxylic acids is 2. The first-order valence-corrected chi connectivity index (χ1v) is 9.98. The molecule has 0 unspecified atom stereocenters. The molecule has 2 aliphatic heterocycles. The molecule has 2 fully saturated rings. The first kappa shape index (κ1) is 18.7. The van der Waals surface area contributed by atoms with Gasteiger partial charge in [0.15, 0.2) is 0 Å². The van der Waals surface area contributed by atoms with E-state index in [2.05, 4.69) is 29.6 Å². The minimum atomic E-state index is 0.0382. The van der Waals surface area contributed by atoms with Crippen molar-refractivity contribution in [2.75, 3.05) is 33.2 Å². The lowest BCUT2D eigenvalue weighted by Crippen LogP contribution is -2.43. The van der Waals surface area contributed by atoms with E-state index in [4.69, 9.17) is 0 Å². The molecule has 3 rings (SSSR count). The van der Waals surface area contributed by atoms with Crippen LogP contribution < -0.4 is 5.32 Å². The molecule has 0 bridgehead atoms. The van der Waals surface area contributed by atoms with Crippen molar-refractivity contribution in [3.05, 3.63) is 35.4 Å². The number of nitrogens with zero attached hydrogens (tertiary/aromatic N) is 2. The lowest BCUT2D eigenvalue weighted by Gasteiger charge is -2.31. The molecule has 0 saturated carbocycles. The number of nitrogens with one attached hydrogen (secondary N) is 1. The fourth-order valence-corrected chi connectivity index (χ4v) is 4.05. The molecule has 2 aliphatic rings. The third kappa shape index (κ3) is 4.99. The van der Waals surface area contributed by atoms with Crippen LogP contribution in [0.5, 0.6) is 0 Å². The number of hydrogen-bond acceptors (Lipinski definition) is 2. The van der Waals surface area contributed by atoms with E-state index in [1.807, 2.05) is 9.80 Å². The molecule has 1 N–H and O–H groups in total. The quantitative estimate of drug-likeness (QED) is 0.881. The zero-order chi connectivity index (χ0) is 18.4. The summed E-state index contributed by atoms with van der Waals surface area (Å²) in [6, 6.07) is 8.80. The SMILES string of the molecule is CNC(=O)N1CCC(Cc2ccc(CCC(=O)N3CCCC3)cc2)CC1. The fourth-order valence-electron chi connectivity index (χ4n) is 4.05. The molecular formula is C21H31N3O2. The number of amides is 3. The summed E-state index contributed by atoms with van der Waals surface area (Å²) in [6.07, 6.45) is 6.98. The van der Waals surface area contributed by atoms with Crippen molar-refractivity contribution in [3.8, 4) is 0 Å². The standard InChI is InChI=1S/C21H31N3O2/c1-22-21(26)24-14-10-19(11-15-24)16-18-6-4-17(5-7-18)8-9-20(25)23-12-2-3-13-23/h4-7,19H,2-3,8-16H2,1H3,(H,22,26). The second kappa shape index (κ2) is 9.06. The Hall–Kier alpha value is -2.04. The van der Waals surface area contributed by atoms with Crippen LogP contribution in [0.4, 0.5) is 4.79 Å². The monoisotopic (exact) mass is 357 g/mol. The maximum atomic E-state index is 12.1. The van der Waals surface area contributed by atoms with Crippen molar-refractivity contribution >= 4 is 11.9 Å². The highest BCUT2D eigenvalue weighted by Crippen LogP contribution is 2.22. The smallest absolute Gasteiger partial charge is 0.317 e. The van der Waals surface area contributed by atoms with Crippen molar-refractivity contribution in [1.29, 1.82) is 0 Å². The van der Waals surface area contributed by atoms with Gasteiger partial charge in [-0.25, -0.2) is 4.79 Å². The summed E-state index contributed by atoms with van der Waals surface area (Å²) in [5.41, 5.74) is 2.61. The van der Waals surface area contributed by atoms with Crippen LogP contribution in [0.15, 0.2) is 24.3 Å². The third-order valence-electron chi connectivity index (χ3n) is 5.75. The van der Waals surface area contributed by atoms with Crippen molar-refractivity contribution in [2.24, 2.45) is 5.92 Å². The van der Waals surface area contributed by atoms with Crippen LogP contribution in [0.2, 0.25) is 0 Å². The lowest BCUT2D eigenvalue weighted by molar-refractivity contribution is -0.130. The zero-order valence-corrected chi connectivity index (χ0v) is 15.9. The minimum absolute atomic E-state index is 0.0382.